The highest BCUT2D eigenvalue weighted by molar-refractivity contribution is 5.64. The number of nitriles is 1. The summed E-state index contributed by atoms with van der Waals surface area (Å²) >= 11 is 0. The van der Waals surface area contributed by atoms with Crippen molar-refractivity contribution in [2.24, 2.45) is 5.92 Å². The molecule has 2 aromatic rings. The largest absolute Gasteiger partial charge is 0.493 e. The molecule has 0 bridgehead atoms. The monoisotopic (exact) mass is 279 g/mol. The summed E-state index contributed by atoms with van der Waals surface area (Å²) in [6, 6.07) is 17.9. The van der Waals surface area contributed by atoms with Gasteiger partial charge in [-0.1, -0.05) is 51.0 Å². The Morgan fingerprint density at radius 3 is 1.90 bits per heavy atom. The van der Waals surface area contributed by atoms with Crippen molar-refractivity contribution in [3.05, 3.63) is 54.1 Å². The SMILES string of the molecule is CCC(CC)COc1ccc(-c2ccc(C#N)cc2)cc1. The number of ether oxygens (including phenoxy) is 1. The normalized spacial score (nSPS) is 10.4. The first kappa shape index (κ1) is 15.1. The highest BCUT2D eigenvalue weighted by Gasteiger charge is 2.05. The molecule has 0 atom stereocenters. The summed E-state index contributed by atoms with van der Waals surface area (Å²) in [5.74, 6) is 1.54. The van der Waals surface area contributed by atoms with Crippen LogP contribution in [0.4, 0.5) is 0 Å². The topological polar surface area (TPSA) is 33.0 Å². The smallest absolute Gasteiger partial charge is 0.119 e. The minimum Gasteiger partial charge on any atom is -0.493 e. The maximum atomic E-state index is 8.81. The van der Waals surface area contributed by atoms with Gasteiger partial charge in [0.05, 0.1) is 18.2 Å². The fourth-order valence-corrected chi connectivity index (χ4v) is 2.22. The maximum Gasteiger partial charge on any atom is 0.119 e. The Morgan fingerprint density at radius 2 is 1.43 bits per heavy atom. The second-order valence-electron chi connectivity index (χ2n) is 5.21. The first-order valence-electron chi connectivity index (χ1n) is 7.50. The molecule has 0 saturated carbocycles. The first-order valence-corrected chi connectivity index (χ1v) is 7.50. The Labute approximate surface area is 127 Å². The van der Waals surface area contributed by atoms with Gasteiger partial charge in [0, 0.05) is 0 Å². The summed E-state index contributed by atoms with van der Waals surface area (Å²) in [7, 11) is 0. The molecule has 0 heterocycles. The Balaban J connectivity index is 2.02. The van der Waals surface area contributed by atoms with Gasteiger partial charge < -0.3 is 4.74 Å². The van der Waals surface area contributed by atoms with E-state index in [1.54, 1.807) is 0 Å². The Kier molecular flexibility index (Phi) is 5.40. The van der Waals surface area contributed by atoms with Crippen LogP contribution in [0, 0.1) is 17.2 Å². The van der Waals surface area contributed by atoms with E-state index in [0.29, 0.717) is 11.5 Å². The second kappa shape index (κ2) is 7.50. The van der Waals surface area contributed by atoms with E-state index < -0.39 is 0 Å². The molecule has 0 aliphatic rings. The molecule has 0 unspecified atom stereocenters. The lowest BCUT2D eigenvalue weighted by Crippen LogP contribution is -2.09. The zero-order valence-corrected chi connectivity index (χ0v) is 12.7. The van der Waals surface area contributed by atoms with E-state index in [1.807, 2.05) is 36.4 Å². The molecule has 108 valence electrons. The molecule has 2 heteroatoms. The summed E-state index contributed by atoms with van der Waals surface area (Å²) in [4.78, 5) is 0. The van der Waals surface area contributed by atoms with Crippen molar-refractivity contribution in [3.8, 4) is 22.9 Å². The third-order valence-corrected chi connectivity index (χ3v) is 3.84. The third kappa shape index (κ3) is 4.10. The van der Waals surface area contributed by atoms with Gasteiger partial charge in [-0.25, -0.2) is 0 Å². The first-order chi connectivity index (χ1) is 10.3. The zero-order chi connectivity index (χ0) is 15.1. The summed E-state index contributed by atoms with van der Waals surface area (Å²) in [5, 5.41) is 8.81. The Morgan fingerprint density at radius 1 is 0.905 bits per heavy atom. The molecule has 0 aromatic heterocycles. The van der Waals surface area contributed by atoms with Gasteiger partial charge in [-0.05, 0) is 41.3 Å². The van der Waals surface area contributed by atoms with E-state index in [9.17, 15) is 0 Å². The number of benzene rings is 2. The quantitative estimate of drug-likeness (QED) is 0.742. The summed E-state index contributed by atoms with van der Waals surface area (Å²) < 4.78 is 5.83. The second-order valence-corrected chi connectivity index (χ2v) is 5.21. The highest BCUT2D eigenvalue weighted by Crippen LogP contribution is 2.23. The minimum atomic E-state index is 0.628. The molecule has 0 amide bonds. The van der Waals surface area contributed by atoms with E-state index in [4.69, 9.17) is 10.00 Å². The number of hydrogen-bond acceptors (Lipinski definition) is 2. The Bertz CT molecular complexity index is 589. The molecule has 2 rings (SSSR count). The average molecular weight is 279 g/mol. The number of rotatable bonds is 6. The van der Waals surface area contributed by atoms with Gasteiger partial charge in [-0.3, -0.25) is 0 Å². The molecule has 2 nitrogen and oxygen atoms in total. The van der Waals surface area contributed by atoms with Gasteiger partial charge in [0.2, 0.25) is 0 Å². The van der Waals surface area contributed by atoms with E-state index >= 15 is 0 Å². The minimum absolute atomic E-state index is 0.628. The summed E-state index contributed by atoms with van der Waals surface area (Å²) in [5.41, 5.74) is 2.93. The average Bonchev–Trinajstić information content (AvgIpc) is 2.56. The highest BCUT2D eigenvalue weighted by atomic mass is 16.5. The predicted octanol–water partition coefficient (Wildman–Crippen LogP) is 5.04. The van der Waals surface area contributed by atoms with Crippen molar-refractivity contribution in [1.82, 2.24) is 0 Å². The van der Waals surface area contributed by atoms with Crippen LogP contribution in [0.15, 0.2) is 48.5 Å². The van der Waals surface area contributed by atoms with E-state index in [-0.39, 0.29) is 0 Å². The summed E-state index contributed by atoms with van der Waals surface area (Å²) in [6.07, 6.45) is 2.31. The molecule has 0 N–H and O–H groups in total. The van der Waals surface area contributed by atoms with Crippen LogP contribution in [0.3, 0.4) is 0 Å². The standard InChI is InChI=1S/C19H21NO/c1-3-15(4-2)14-21-19-11-9-18(10-12-19)17-7-5-16(13-20)6-8-17/h5-12,15H,3-4,14H2,1-2H3. The van der Waals surface area contributed by atoms with Crippen LogP contribution in [0.2, 0.25) is 0 Å². The fraction of sp³-hybridized carbons (Fsp3) is 0.316. The van der Waals surface area contributed by atoms with Crippen molar-refractivity contribution in [2.75, 3.05) is 6.61 Å². The molecular formula is C19H21NO. The molecule has 2 aromatic carbocycles. The van der Waals surface area contributed by atoms with Crippen molar-refractivity contribution < 1.29 is 4.74 Å². The molecule has 0 spiro atoms. The van der Waals surface area contributed by atoms with Crippen LogP contribution in [0.5, 0.6) is 5.75 Å². The van der Waals surface area contributed by atoms with Crippen LogP contribution in [0.25, 0.3) is 11.1 Å². The van der Waals surface area contributed by atoms with Crippen molar-refractivity contribution in [3.63, 3.8) is 0 Å². The van der Waals surface area contributed by atoms with Crippen LogP contribution >= 0.6 is 0 Å². The molecule has 0 aliphatic carbocycles. The molecule has 0 fully saturated rings. The fourth-order valence-electron chi connectivity index (χ4n) is 2.22. The molecule has 0 radical (unpaired) electrons. The maximum absolute atomic E-state index is 8.81. The third-order valence-electron chi connectivity index (χ3n) is 3.84. The van der Waals surface area contributed by atoms with Gasteiger partial charge >= 0.3 is 0 Å². The Hall–Kier alpha value is -2.27. The van der Waals surface area contributed by atoms with E-state index in [1.165, 1.54) is 0 Å². The number of hydrogen-bond donors (Lipinski definition) is 0. The van der Waals surface area contributed by atoms with Gasteiger partial charge in [-0.2, -0.15) is 5.26 Å². The molecule has 21 heavy (non-hydrogen) atoms. The molecular weight excluding hydrogens is 258 g/mol. The zero-order valence-electron chi connectivity index (χ0n) is 12.7. The van der Waals surface area contributed by atoms with Gasteiger partial charge in [0.15, 0.2) is 0 Å². The number of nitrogens with zero attached hydrogens (tertiary/aromatic N) is 1. The van der Waals surface area contributed by atoms with Crippen molar-refractivity contribution >= 4 is 0 Å². The van der Waals surface area contributed by atoms with Gasteiger partial charge in [0.25, 0.3) is 0 Å². The molecule has 0 saturated heterocycles. The molecule has 0 aliphatic heterocycles. The lowest BCUT2D eigenvalue weighted by molar-refractivity contribution is 0.240. The van der Waals surface area contributed by atoms with Crippen LogP contribution in [-0.4, -0.2) is 6.61 Å². The van der Waals surface area contributed by atoms with E-state index in [2.05, 4.69) is 32.0 Å². The lowest BCUT2D eigenvalue weighted by atomic mass is 10.0. The van der Waals surface area contributed by atoms with Gasteiger partial charge in [-0.15, -0.1) is 0 Å². The van der Waals surface area contributed by atoms with E-state index in [0.717, 1.165) is 36.3 Å². The predicted molar refractivity (Wildman–Crippen MR) is 86.2 cm³/mol. The lowest BCUT2D eigenvalue weighted by Gasteiger charge is -2.14. The van der Waals surface area contributed by atoms with Crippen molar-refractivity contribution in [1.29, 1.82) is 5.26 Å². The van der Waals surface area contributed by atoms with Crippen LogP contribution in [0.1, 0.15) is 32.3 Å². The summed E-state index contributed by atoms with van der Waals surface area (Å²) in [6.45, 7) is 5.18. The van der Waals surface area contributed by atoms with Gasteiger partial charge in [0.1, 0.15) is 5.75 Å². The van der Waals surface area contributed by atoms with Crippen LogP contribution < -0.4 is 4.74 Å². The van der Waals surface area contributed by atoms with Crippen LogP contribution in [-0.2, 0) is 0 Å². The van der Waals surface area contributed by atoms with Crippen molar-refractivity contribution in [2.45, 2.75) is 26.7 Å².